The number of carbonyl (C=O) groups is 2. The molecule has 0 saturated carbocycles. The smallest absolute Gasteiger partial charge is 0.312 e. The molecular weight excluding hydrogens is 306 g/mol. The Labute approximate surface area is 143 Å². The first-order valence-corrected chi connectivity index (χ1v) is 8.58. The van der Waals surface area contributed by atoms with Crippen molar-refractivity contribution in [3.05, 3.63) is 30.3 Å². The van der Waals surface area contributed by atoms with Gasteiger partial charge in [0.1, 0.15) is 0 Å². The Kier molecular flexibility index (Phi) is 5.04. The predicted octanol–water partition coefficient (Wildman–Crippen LogP) is 0.971. The van der Waals surface area contributed by atoms with Gasteiger partial charge in [-0.3, -0.25) is 9.59 Å². The largest absolute Gasteiger partial charge is 0.372 e. The summed E-state index contributed by atoms with van der Waals surface area (Å²) in [6.45, 7) is 7.48. The Morgan fingerprint density at radius 2 is 1.42 bits per heavy atom. The molecular formula is C18H25N3O3. The molecule has 6 nitrogen and oxygen atoms in total. The minimum atomic E-state index is -0.398. The molecule has 2 saturated heterocycles. The monoisotopic (exact) mass is 331 g/mol. The second-order valence-corrected chi connectivity index (χ2v) is 6.58. The number of morpholine rings is 1. The van der Waals surface area contributed by atoms with E-state index in [1.165, 1.54) is 0 Å². The molecule has 24 heavy (non-hydrogen) atoms. The van der Waals surface area contributed by atoms with Crippen LogP contribution in [-0.4, -0.2) is 73.1 Å². The van der Waals surface area contributed by atoms with Crippen LogP contribution < -0.4 is 4.90 Å². The van der Waals surface area contributed by atoms with Gasteiger partial charge in [0.15, 0.2) is 0 Å². The quantitative estimate of drug-likeness (QED) is 0.720. The minimum absolute atomic E-state index is 0.0274. The summed E-state index contributed by atoms with van der Waals surface area (Å²) in [7, 11) is 0. The summed E-state index contributed by atoms with van der Waals surface area (Å²) < 4.78 is 5.63. The minimum Gasteiger partial charge on any atom is -0.372 e. The Balaban J connectivity index is 1.56. The van der Waals surface area contributed by atoms with E-state index in [-0.39, 0.29) is 18.1 Å². The van der Waals surface area contributed by atoms with Crippen molar-refractivity contribution in [2.24, 2.45) is 0 Å². The molecule has 2 fully saturated rings. The maximum absolute atomic E-state index is 12.5. The van der Waals surface area contributed by atoms with Gasteiger partial charge in [0.05, 0.1) is 12.2 Å². The summed E-state index contributed by atoms with van der Waals surface area (Å²) in [6.07, 6.45) is -0.0548. The molecule has 2 unspecified atom stereocenters. The van der Waals surface area contributed by atoms with E-state index in [0.717, 1.165) is 18.8 Å². The lowest BCUT2D eigenvalue weighted by molar-refractivity contribution is -0.158. The number of amides is 2. The van der Waals surface area contributed by atoms with Crippen molar-refractivity contribution in [2.45, 2.75) is 26.1 Å². The third kappa shape index (κ3) is 3.70. The molecule has 2 aliphatic heterocycles. The Morgan fingerprint density at radius 1 is 0.875 bits per heavy atom. The normalized spacial score (nSPS) is 24.8. The van der Waals surface area contributed by atoms with Crippen LogP contribution in [0.4, 0.5) is 5.69 Å². The number of para-hydroxylation sites is 1. The van der Waals surface area contributed by atoms with E-state index < -0.39 is 5.91 Å². The van der Waals surface area contributed by atoms with Gasteiger partial charge in [-0.25, -0.2) is 0 Å². The van der Waals surface area contributed by atoms with Crippen LogP contribution in [0.2, 0.25) is 0 Å². The summed E-state index contributed by atoms with van der Waals surface area (Å²) >= 11 is 0. The van der Waals surface area contributed by atoms with Gasteiger partial charge in [-0.15, -0.1) is 0 Å². The maximum Gasteiger partial charge on any atom is 0.312 e. The van der Waals surface area contributed by atoms with Crippen LogP contribution in [0, 0.1) is 0 Å². The first-order chi connectivity index (χ1) is 11.5. The number of nitrogens with zero attached hydrogens (tertiary/aromatic N) is 3. The Bertz CT molecular complexity index is 574. The molecule has 0 aliphatic carbocycles. The number of carbonyl (C=O) groups excluding carboxylic acids is 2. The van der Waals surface area contributed by atoms with Crippen molar-refractivity contribution in [3.63, 3.8) is 0 Å². The lowest BCUT2D eigenvalue weighted by atomic mass is 10.2. The molecule has 2 aliphatic rings. The average molecular weight is 331 g/mol. The van der Waals surface area contributed by atoms with Gasteiger partial charge in [-0.2, -0.15) is 0 Å². The number of hydrogen-bond acceptors (Lipinski definition) is 4. The summed E-state index contributed by atoms with van der Waals surface area (Å²) in [6, 6.07) is 10.2. The Morgan fingerprint density at radius 3 is 2.00 bits per heavy atom. The van der Waals surface area contributed by atoms with Gasteiger partial charge in [-0.1, -0.05) is 18.2 Å². The van der Waals surface area contributed by atoms with Crippen molar-refractivity contribution in [2.75, 3.05) is 44.2 Å². The molecule has 0 N–H and O–H groups in total. The molecule has 1 aromatic rings. The first kappa shape index (κ1) is 16.8. The summed E-state index contributed by atoms with van der Waals surface area (Å²) in [5.74, 6) is -0.783. The van der Waals surface area contributed by atoms with Crippen molar-refractivity contribution in [1.29, 1.82) is 0 Å². The fourth-order valence-corrected chi connectivity index (χ4v) is 3.42. The van der Waals surface area contributed by atoms with E-state index in [0.29, 0.717) is 26.2 Å². The highest BCUT2D eigenvalue weighted by Gasteiger charge is 2.33. The third-order valence-corrected chi connectivity index (χ3v) is 4.58. The van der Waals surface area contributed by atoms with Crippen LogP contribution in [-0.2, 0) is 14.3 Å². The number of anilines is 1. The number of rotatable bonds is 1. The van der Waals surface area contributed by atoms with Crippen molar-refractivity contribution >= 4 is 17.5 Å². The van der Waals surface area contributed by atoms with E-state index >= 15 is 0 Å². The van der Waals surface area contributed by atoms with Crippen LogP contribution in [0.15, 0.2) is 30.3 Å². The average Bonchev–Trinajstić information content (AvgIpc) is 2.60. The van der Waals surface area contributed by atoms with E-state index in [4.69, 9.17) is 4.74 Å². The summed E-state index contributed by atoms with van der Waals surface area (Å²) in [5.41, 5.74) is 1.16. The third-order valence-electron chi connectivity index (χ3n) is 4.58. The van der Waals surface area contributed by atoms with E-state index in [1.807, 2.05) is 32.0 Å². The first-order valence-electron chi connectivity index (χ1n) is 8.58. The topological polar surface area (TPSA) is 53.1 Å². The lowest BCUT2D eigenvalue weighted by Crippen LogP contribution is -2.56. The molecule has 2 heterocycles. The van der Waals surface area contributed by atoms with E-state index in [2.05, 4.69) is 17.0 Å². The zero-order valence-corrected chi connectivity index (χ0v) is 14.4. The number of piperazine rings is 1. The summed E-state index contributed by atoms with van der Waals surface area (Å²) in [4.78, 5) is 30.6. The second-order valence-electron chi connectivity index (χ2n) is 6.58. The zero-order valence-electron chi connectivity index (χ0n) is 14.4. The molecule has 2 amide bonds. The van der Waals surface area contributed by atoms with Gasteiger partial charge in [0, 0.05) is 45.0 Å². The fourth-order valence-electron chi connectivity index (χ4n) is 3.42. The van der Waals surface area contributed by atoms with Crippen LogP contribution >= 0.6 is 0 Å². The summed E-state index contributed by atoms with van der Waals surface area (Å²) in [5, 5.41) is 0. The van der Waals surface area contributed by atoms with Crippen LogP contribution in [0.3, 0.4) is 0 Å². The standard InChI is InChI=1S/C18H25N3O3/c1-14-12-21(13-15(2)24-14)18(23)17(22)20-10-8-19(9-11-20)16-6-4-3-5-7-16/h3-7,14-15H,8-13H2,1-2H3. The molecule has 1 aromatic carbocycles. The molecule has 130 valence electrons. The van der Waals surface area contributed by atoms with Gasteiger partial charge < -0.3 is 19.4 Å². The highest BCUT2D eigenvalue weighted by molar-refractivity contribution is 6.35. The number of ether oxygens (including phenoxy) is 1. The molecule has 0 radical (unpaired) electrons. The van der Waals surface area contributed by atoms with E-state index in [9.17, 15) is 9.59 Å². The van der Waals surface area contributed by atoms with Crippen LogP contribution in [0.25, 0.3) is 0 Å². The Hall–Kier alpha value is -2.08. The predicted molar refractivity (Wildman–Crippen MR) is 91.8 cm³/mol. The highest BCUT2D eigenvalue weighted by Crippen LogP contribution is 2.16. The SMILES string of the molecule is CC1CN(C(=O)C(=O)N2CCN(c3ccccc3)CC2)CC(C)O1. The zero-order chi connectivity index (χ0) is 17.1. The molecule has 2 atom stereocenters. The molecule has 6 heteroatoms. The van der Waals surface area contributed by atoms with Gasteiger partial charge in [-0.05, 0) is 26.0 Å². The molecule has 0 aromatic heterocycles. The van der Waals surface area contributed by atoms with E-state index in [1.54, 1.807) is 9.80 Å². The van der Waals surface area contributed by atoms with Crippen molar-refractivity contribution in [1.82, 2.24) is 9.80 Å². The van der Waals surface area contributed by atoms with Gasteiger partial charge in [0.25, 0.3) is 0 Å². The van der Waals surface area contributed by atoms with Gasteiger partial charge >= 0.3 is 11.8 Å². The van der Waals surface area contributed by atoms with Gasteiger partial charge in [0.2, 0.25) is 0 Å². The maximum atomic E-state index is 12.5. The fraction of sp³-hybridized carbons (Fsp3) is 0.556. The second kappa shape index (κ2) is 7.21. The number of hydrogen-bond donors (Lipinski definition) is 0. The van der Waals surface area contributed by atoms with Crippen molar-refractivity contribution < 1.29 is 14.3 Å². The van der Waals surface area contributed by atoms with Crippen molar-refractivity contribution in [3.8, 4) is 0 Å². The highest BCUT2D eigenvalue weighted by atomic mass is 16.5. The molecule has 0 bridgehead atoms. The molecule has 0 spiro atoms. The number of benzene rings is 1. The molecule has 3 rings (SSSR count). The van der Waals surface area contributed by atoms with Crippen LogP contribution in [0.1, 0.15) is 13.8 Å². The van der Waals surface area contributed by atoms with Crippen LogP contribution in [0.5, 0.6) is 0 Å². The lowest BCUT2D eigenvalue weighted by Gasteiger charge is -2.38.